The van der Waals surface area contributed by atoms with E-state index in [4.69, 9.17) is 0 Å². The van der Waals surface area contributed by atoms with Crippen LogP contribution in [0.5, 0.6) is 0 Å². The molecule has 2 aromatic rings. The predicted octanol–water partition coefficient (Wildman–Crippen LogP) is 3.12. The average Bonchev–Trinajstić information content (AvgIpc) is 2.86. The number of allylic oxidation sites excluding steroid dienone is 2. The zero-order valence-corrected chi connectivity index (χ0v) is 14.8. The van der Waals surface area contributed by atoms with E-state index in [1.165, 1.54) is 9.36 Å². The van der Waals surface area contributed by atoms with Gasteiger partial charge in [-0.05, 0) is 30.4 Å². The maximum Gasteiger partial charge on any atom is 0.277 e. The first-order valence-corrected chi connectivity index (χ1v) is 8.89. The molecule has 5 heteroatoms. The molecular formula is C20H22N2O3. The summed E-state index contributed by atoms with van der Waals surface area (Å²) < 4.78 is 3.04. The van der Waals surface area contributed by atoms with Gasteiger partial charge in [-0.1, -0.05) is 39.3 Å². The number of hydrogen-bond acceptors (Lipinski definition) is 3. The molecule has 0 radical (unpaired) electrons. The van der Waals surface area contributed by atoms with Gasteiger partial charge in [-0.3, -0.25) is 14.4 Å². The molecule has 2 aliphatic rings. The Labute approximate surface area is 145 Å². The number of carbonyl (C=O) groups excluding carboxylic acids is 1. The lowest BCUT2D eigenvalue weighted by atomic mass is 9.74. The van der Waals surface area contributed by atoms with Crippen molar-refractivity contribution < 1.29 is 4.79 Å². The van der Waals surface area contributed by atoms with Crippen LogP contribution in [-0.2, 0) is 4.79 Å². The Hall–Kier alpha value is -2.43. The van der Waals surface area contributed by atoms with Crippen LogP contribution in [0.1, 0.15) is 52.5 Å². The van der Waals surface area contributed by atoms with E-state index in [0.29, 0.717) is 35.6 Å². The first-order chi connectivity index (χ1) is 11.9. The average molecular weight is 338 g/mol. The molecule has 4 rings (SSSR count). The van der Waals surface area contributed by atoms with Crippen molar-refractivity contribution >= 4 is 22.3 Å². The highest BCUT2D eigenvalue weighted by atomic mass is 16.2. The number of ketones is 1. The molecule has 0 N–H and O–H groups in total. The fourth-order valence-electron chi connectivity index (χ4n) is 4.35. The molecule has 2 heterocycles. The van der Waals surface area contributed by atoms with Gasteiger partial charge in [0.1, 0.15) is 0 Å². The van der Waals surface area contributed by atoms with Gasteiger partial charge in [0.15, 0.2) is 5.78 Å². The number of nitrogens with zero attached hydrogens (tertiary/aromatic N) is 2. The second-order valence-corrected chi connectivity index (χ2v) is 7.92. The summed E-state index contributed by atoms with van der Waals surface area (Å²) in [4.78, 5) is 39.2. The van der Waals surface area contributed by atoms with E-state index in [2.05, 4.69) is 0 Å². The van der Waals surface area contributed by atoms with Crippen molar-refractivity contribution in [3.63, 3.8) is 0 Å². The summed E-state index contributed by atoms with van der Waals surface area (Å²) in [6, 6.07) is 6.60. The summed E-state index contributed by atoms with van der Waals surface area (Å²) in [6.45, 7) is 6.11. The van der Waals surface area contributed by atoms with E-state index in [9.17, 15) is 14.4 Å². The zero-order valence-electron chi connectivity index (χ0n) is 14.8. The van der Waals surface area contributed by atoms with Gasteiger partial charge in [-0.2, -0.15) is 0 Å². The quantitative estimate of drug-likeness (QED) is 0.845. The summed E-state index contributed by atoms with van der Waals surface area (Å²) in [5, 5.41) is 0.847. The Morgan fingerprint density at radius 3 is 2.32 bits per heavy atom. The van der Waals surface area contributed by atoms with Crippen LogP contribution in [0.4, 0.5) is 0 Å². The number of rotatable bonds is 2. The van der Waals surface area contributed by atoms with Gasteiger partial charge in [0.05, 0.1) is 22.5 Å². The zero-order chi connectivity index (χ0) is 17.9. The molecule has 1 atom stereocenters. The smallest absolute Gasteiger partial charge is 0.277 e. The van der Waals surface area contributed by atoms with E-state index >= 15 is 0 Å². The van der Waals surface area contributed by atoms with Gasteiger partial charge in [0.25, 0.3) is 11.1 Å². The molecule has 0 bridgehead atoms. The molecule has 0 saturated carbocycles. The standard InChI is InChI=1S/C20H22N2O3/c1-4-7-14-17-15(10-20(2,3)11-16(17)23)22-19(25)13-9-6-5-8-12(13)18(24)21(14)22/h5-6,8-9,14H,4,7,10-11H2,1-3H3. The maximum absolute atomic E-state index is 13.2. The summed E-state index contributed by atoms with van der Waals surface area (Å²) >= 11 is 0. The van der Waals surface area contributed by atoms with Crippen molar-refractivity contribution in [1.82, 2.24) is 9.36 Å². The third-order valence-electron chi connectivity index (χ3n) is 5.35. The first-order valence-electron chi connectivity index (χ1n) is 8.89. The Bertz CT molecular complexity index is 1050. The highest BCUT2D eigenvalue weighted by Crippen LogP contribution is 2.45. The Morgan fingerprint density at radius 1 is 1.04 bits per heavy atom. The molecule has 1 aliphatic heterocycles. The molecular weight excluding hydrogens is 316 g/mol. The number of carbonyl (C=O) groups is 1. The summed E-state index contributed by atoms with van der Waals surface area (Å²) in [5.74, 6) is 0.0729. The molecule has 1 unspecified atom stereocenters. The fourth-order valence-corrected chi connectivity index (χ4v) is 4.35. The largest absolute Gasteiger partial charge is 0.294 e. The Balaban J connectivity index is 2.12. The molecule has 130 valence electrons. The van der Waals surface area contributed by atoms with Crippen molar-refractivity contribution in [2.45, 2.75) is 52.5 Å². The van der Waals surface area contributed by atoms with Gasteiger partial charge in [0.2, 0.25) is 0 Å². The minimum atomic E-state index is -0.326. The molecule has 0 spiro atoms. The normalized spacial score (nSPS) is 21.6. The van der Waals surface area contributed by atoms with Crippen LogP contribution < -0.4 is 11.1 Å². The van der Waals surface area contributed by atoms with Gasteiger partial charge in [-0.25, -0.2) is 9.36 Å². The predicted molar refractivity (Wildman–Crippen MR) is 97.7 cm³/mol. The number of aromatic nitrogens is 2. The van der Waals surface area contributed by atoms with E-state index in [0.717, 1.165) is 12.1 Å². The van der Waals surface area contributed by atoms with E-state index in [1.54, 1.807) is 24.3 Å². The van der Waals surface area contributed by atoms with Crippen LogP contribution in [0.2, 0.25) is 0 Å². The van der Waals surface area contributed by atoms with Crippen LogP contribution >= 0.6 is 0 Å². The van der Waals surface area contributed by atoms with Crippen molar-refractivity contribution in [3.8, 4) is 0 Å². The van der Waals surface area contributed by atoms with E-state index in [-0.39, 0.29) is 28.4 Å². The monoisotopic (exact) mass is 338 g/mol. The molecule has 0 amide bonds. The Kier molecular flexibility index (Phi) is 3.39. The van der Waals surface area contributed by atoms with Crippen LogP contribution in [0.3, 0.4) is 0 Å². The molecule has 0 fully saturated rings. The minimum Gasteiger partial charge on any atom is -0.294 e. The van der Waals surface area contributed by atoms with Crippen LogP contribution in [-0.4, -0.2) is 15.1 Å². The SMILES string of the molecule is CCCC1C2=C(CC(C)(C)CC2=O)n2c(=O)c3ccccc3c(=O)n21. The van der Waals surface area contributed by atoms with E-state index in [1.807, 2.05) is 20.8 Å². The molecule has 1 aromatic heterocycles. The van der Waals surface area contributed by atoms with Crippen LogP contribution in [0, 0.1) is 5.41 Å². The molecule has 1 aromatic carbocycles. The molecule has 25 heavy (non-hydrogen) atoms. The third-order valence-corrected chi connectivity index (χ3v) is 5.35. The maximum atomic E-state index is 13.2. The highest BCUT2D eigenvalue weighted by Gasteiger charge is 2.43. The first kappa shape index (κ1) is 16.1. The summed E-state index contributed by atoms with van der Waals surface area (Å²) in [6.07, 6.45) is 2.61. The van der Waals surface area contributed by atoms with Gasteiger partial charge >= 0.3 is 0 Å². The van der Waals surface area contributed by atoms with Gasteiger partial charge < -0.3 is 0 Å². The van der Waals surface area contributed by atoms with Crippen LogP contribution in [0.15, 0.2) is 39.4 Å². The van der Waals surface area contributed by atoms with Crippen LogP contribution in [0.25, 0.3) is 16.5 Å². The van der Waals surface area contributed by atoms with Crippen molar-refractivity contribution in [2.75, 3.05) is 0 Å². The lowest BCUT2D eigenvalue weighted by Gasteiger charge is -2.30. The van der Waals surface area contributed by atoms with Crippen molar-refractivity contribution in [1.29, 1.82) is 0 Å². The Morgan fingerprint density at radius 2 is 1.68 bits per heavy atom. The lowest BCUT2D eigenvalue weighted by Crippen LogP contribution is -2.37. The second-order valence-electron chi connectivity index (χ2n) is 7.92. The van der Waals surface area contributed by atoms with Crippen molar-refractivity contribution in [3.05, 3.63) is 50.5 Å². The van der Waals surface area contributed by atoms with Gasteiger partial charge in [0, 0.05) is 12.0 Å². The summed E-state index contributed by atoms with van der Waals surface area (Å²) in [5.41, 5.74) is 0.812. The fraction of sp³-hybridized carbons (Fsp3) is 0.450. The number of hydrogen-bond donors (Lipinski definition) is 0. The second kappa shape index (κ2) is 5.28. The van der Waals surface area contributed by atoms with Gasteiger partial charge in [-0.15, -0.1) is 0 Å². The molecule has 5 nitrogen and oxygen atoms in total. The lowest BCUT2D eigenvalue weighted by molar-refractivity contribution is -0.118. The topological polar surface area (TPSA) is 61.1 Å². The number of fused-ring (bicyclic) bond motifs is 3. The number of Topliss-reactive ketones (excluding diaryl/α,β-unsaturated/α-hetero) is 1. The summed E-state index contributed by atoms with van der Waals surface area (Å²) in [7, 11) is 0. The number of benzene rings is 1. The minimum absolute atomic E-state index is 0.0729. The third kappa shape index (κ3) is 2.18. The molecule has 1 aliphatic carbocycles. The highest BCUT2D eigenvalue weighted by molar-refractivity contribution is 6.04. The molecule has 0 saturated heterocycles. The van der Waals surface area contributed by atoms with E-state index < -0.39 is 0 Å². The van der Waals surface area contributed by atoms with Crippen molar-refractivity contribution in [2.24, 2.45) is 5.41 Å².